The van der Waals surface area contributed by atoms with Gasteiger partial charge in [-0.25, -0.2) is 8.37 Å². The summed E-state index contributed by atoms with van der Waals surface area (Å²) in [6.07, 6.45) is -18.0. The summed E-state index contributed by atoms with van der Waals surface area (Å²) in [4.78, 5) is 0. The largest absolute Gasteiger partial charge is 0.397 e. The third kappa shape index (κ3) is 9.71. The first-order chi connectivity index (χ1) is 17.4. The van der Waals surface area contributed by atoms with E-state index in [2.05, 4.69) is 8.37 Å². The summed E-state index contributed by atoms with van der Waals surface area (Å²) < 4.78 is 126. The van der Waals surface area contributed by atoms with Crippen LogP contribution in [0.25, 0.3) is 0 Å². The highest BCUT2D eigenvalue weighted by molar-refractivity contribution is 7.83. The molecule has 2 saturated heterocycles. The van der Waals surface area contributed by atoms with E-state index in [1.165, 1.54) is 4.72 Å². The van der Waals surface area contributed by atoms with Crippen molar-refractivity contribution >= 4 is 31.1 Å². The summed E-state index contributed by atoms with van der Waals surface area (Å²) >= 11 is 0. The van der Waals surface area contributed by atoms with Gasteiger partial charge in [0.25, 0.3) is 0 Å². The molecule has 2 heterocycles. The van der Waals surface area contributed by atoms with Crippen LogP contribution in [0.2, 0.25) is 0 Å². The number of nitrogens with two attached hydrogens (primary N) is 1. The molecule has 2 rings (SSSR count). The van der Waals surface area contributed by atoms with E-state index in [0.29, 0.717) is 0 Å². The molecule has 21 nitrogen and oxygen atoms in total. The Kier molecular flexibility index (Phi) is 11.7. The van der Waals surface area contributed by atoms with Gasteiger partial charge in [0.2, 0.25) is 0 Å². The lowest BCUT2D eigenvalue weighted by Crippen LogP contribution is -2.68. The Morgan fingerprint density at radius 3 is 1.92 bits per heavy atom. The molecule has 0 amide bonds. The minimum atomic E-state index is -5.43. The molecule has 2 fully saturated rings. The highest BCUT2D eigenvalue weighted by Gasteiger charge is 2.53. The van der Waals surface area contributed by atoms with Crippen LogP contribution in [0.1, 0.15) is 0 Å². The van der Waals surface area contributed by atoms with E-state index >= 15 is 0 Å². The van der Waals surface area contributed by atoms with Gasteiger partial charge in [-0.05, 0) is 0 Å². The van der Waals surface area contributed by atoms with Gasteiger partial charge < -0.3 is 45.1 Å². The van der Waals surface area contributed by atoms with Gasteiger partial charge in [0.15, 0.2) is 12.6 Å². The van der Waals surface area contributed by atoms with Crippen LogP contribution in [0.3, 0.4) is 0 Å². The van der Waals surface area contributed by atoms with Gasteiger partial charge in [-0.15, -0.1) is 0 Å². The Bertz CT molecular complexity index is 1090. The highest BCUT2D eigenvalue weighted by atomic mass is 32.3. The standard InChI is InChI=1S/C14H28N2O19S3/c15-1-2-30-14-10(20)9(19)11(6(33-14)4-31-37(24,25)26)34-13-7(16-36(21,22)23)12(35-38(27,28)29)8(18)5(3-17)32-13/h5-14,16-20H,1-4,15H2,(H,21,22,23)(H,24,25,26)(H,27,28,29)/t5-,6-,7-,8-,9-,10-,11-,12-,13-,14-/m1/s1. The first-order valence-electron chi connectivity index (χ1n) is 10.3. The average molecular weight is 625 g/mol. The molecular formula is C14H28N2O19S3. The third-order valence-electron chi connectivity index (χ3n) is 5.08. The van der Waals surface area contributed by atoms with Crippen molar-refractivity contribution in [3.05, 3.63) is 0 Å². The lowest BCUT2D eigenvalue weighted by molar-refractivity contribution is -0.344. The molecule has 2 aliphatic heterocycles. The molecule has 0 radical (unpaired) electrons. The average Bonchev–Trinajstić information content (AvgIpc) is 2.77. The molecule has 0 spiro atoms. The molecule has 24 heteroatoms. The van der Waals surface area contributed by atoms with E-state index in [9.17, 15) is 50.2 Å². The van der Waals surface area contributed by atoms with Crippen LogP contribution in [0.15, 0.2) is 0 Å². The van der Waals surface area contributed by atoms with Crippen molar-refractivity contribution in [1.82, 2.24) is 4.72 Å². The topological polar surface area (TPSA) is 337 Å². The lowest BCUT2D eigenvalue weighted by atomic mass is 9.96. The normalized spacial score (nSPS) is 37.3. The van der Waals surface area contributed by atoms with Crippen LogP contribution >= 0.6 is 0 Å². The molecule has 2 aliphatic rings. The smallest absolute Gasteiger partial charge is 0.394 e. The van der Waals surface area contributed by atoms with Gasteiger partial charge in [0.1, 0.15) is 48.8 Å². The van der Waals surface area contributed by atoms with E-state index in [-0.39, 0.29) is 13.2 Å². The minimum Gasteiger partial charge on any atom is -0.394 e. The van der Waals surface area contributed by atoms with Crippen molar-refractivity contribution in [2.45, 2.75) is 61.3 Å². The predicted octanol–water partition coefficient (Wildman–Crippen LogP) is -6.36. The summed E-state index contributed by atoms with van der Waals surface area (Å²) in [5, 5.41) is 40.8. The first-order valence-corrected chi connectivity index (χ1v) is 14.5. The number of nitrogens with one attached hydrogen (secondary N) is 1. The first kappa shape index (κ1) is 33.5. The Balaban J connectivity index is 2.46. The van der Waals surface area contributed by atoms with Crippen molar-refractivity contribution in [2.75, 3.05) is 26.4 Å². The van der Waals surface area contributed by atoms with Crippen molar-refractivity contribution in [1.29, 1.82) is 0 Å². The maximum Gasteiger partial charge on any atom is 0.397 e. The minimum absolute atomic E-state index is 0.0757. The Morgan fingerprint density at radius 1 is 0.816 bits per heavy atom. The van der Waals surface area contributed by atoms with Crippen LogP contribution in [0.5, 0.6) is 0 Å². The molecule has 38 heavy (non-hydrogen) atoms. The zero-order chi connectivity index (χ0) is 29.1. The fourth-order valence-corrected chi connectivity index (χ4v) is 4.98. The summed E-state index contributed by atoms with van der Waals surface area (Å²) in [7, 11) is -15.8. The van der Waals surface area contributed by atoms with Crippen molar-refractivity contribution in [3.63, 3.8) is 0 Å². The summed E-state index contributed by atoms with van der Waals surface area (Å²) in [6, 6.07) is -2.26. The summed E-state index contributed by atoms with van der Waals surface area (Å²) in [5.74, 6) is 0. The second-order valence-electron chi connectivity index (χ2n) is 7.82. The Hall–Kier alpha value is -0.750. The molecule has 0 bridgehead atoms. The molecule has 226 valence electrons. The second kappa shape index (κ2) is 13.3. The lowest BCUT2D eigenvalue weighted by Gasteiger charge is -2.47. The van der Waals surface area contributed by atoms with Crippen molar-refractivity contribution < 1.29 is 86.7 Å². The molecule has 10 N–H and O–H groups in total. The number of ether oxygens (including phenoxy) is 4. The van der Waals surface area contributed by atoms with Gasteiger partial charge in [-0.1, -0.05) is 0 Å². The van der Waals surface area contributed by atoms with Crippen molar-refractivity contribution in [2.24, 2.45) is 5.73 Å². The number of hydrogen-bond acceptors (Lipinski definition) is 17. The molecule has 0 saturated carbocycles. The Morgan fingerprint density at radius 2 is 1.42 bits per heavy atom. The summed E-state index contributed by atoms with van der Waals surface area (Å²) in [5.41, 5.74) is 5.29. The summed E-state index contributed by atoms with van der Waals surface area (Å²) in [6.45, 7) is -2.49. The molecule has 0 aromatic heterocycles. The second-order valence-corrected chi connectivity index (χ2v) is 11.1. The number of hydrogen-bond donors (Lipinski definition) is 9. The highest BCUT2D eigenvalue weighted by Crippen LogP contribution is 2.31. The SMILES string of the molecule is NCCO[C@@H]1O[C@H](COS(=O)(=O)O)[C@@H](O[C@H]2O[C@H](CO)[C@@H](O)[C@H](OS(=O)(=O)O)[C@H]2NS(=O)(=O)O)[C@H](O)[C@H]1O. The molecule has 0 aliphatic carbocycles. The molecular weight excluding hydrogens is 596 g/mol. The van der Waals surface area contributed by atoms with Gasteiger partial charge in [-0.3, -0.25) is 13.7 Å². The zero-order valence-electron chi connectivity index (χ0n) is 18.9. The monoisotopic (exact) mass is 624 g/mol. The number of rotatable bonds is 13. The van der Waals surface area contributed by atoms with Crippen LogP contribution in [-0.2, 0) is 58.4 Å². The number of aliphatic hydroxyl groups excluding tert-OH is 4. The van der Waals surface area contributed by atoms with Gasteiger partial charge in [0.05, 0.1) is 19.8 Å². The third-order valence-corrected chi connectivity index (χ3v) is 6.55. The molecule has 0 unspecified atom stereocenters. The fourth-order valence-electron chi connectivity index (χ4n) is 3.57. The Labute approximate surface area is 216 Å². The van der Waals surface area contributed by atoms with E-state index in [4.69, 9.17) is 33.8 Å². The van der Waals surface area contributed by atoms with Crippen LogP contribution in [-0.4, -0.2) is 147 Å². The quantitative estimate of drug-likeness (QED) is 0.0860. The van der Waals surface area contributed by atoms with E-state index in [1.807, 2.05) is 0 Å². The van der Waals surface area contributed by atoms with E-state index in [0.717, 1.165) is 0 Å². The van der Waals surface area contributed by atoms with E-state index in [1.54, 1.807) is 0 Å². The van der Waals surface area contributed by atoms with Gasteiger partial charge in [0, 0.05) is 6.54 Å². The fraction of sp³-hybridized carbons (Fsp3) is 1.00. The molecule has 0 aromatic rings. The predicted molar refractivity (Wildman–Crippen MR) is 115 cm³/mol. The zero-order valence-corrected chi connectivity index (χ0v) is 21.4. The van der Waals surface area contributed by atoms with Crippen LogP contribution < -0.4 is 10.5 Å². The maximum atomic E-state index is 11.5. The van der Waals surface area contributed by atoms with Crippen LogP contribution in [0, 0.1) is 0 Å². The van der Waals surface area contributed by atoms with E-state index < -0.39 is 106 Å². The van der Waals surface area contributed by atoms with Gasteiger partial charge in [-0.2, -0.15) is 30.0 Å². The molecule has 0 aromatic carbocycles. The molecule has 10 atom stereocenters. The van der Waals surface area contributed by atoms with Crippen LogP contribution in [0.4, 0.5) is 0 Å². The maximum absolute atomic E-state index is 11.5. The number of aliphatic hydroxyl groups is 4. The van der Waals surface area contributed by atoms with Crippen molar-refractivity contribution in [3.8, 4) is 0 Å². The van der Waals surface area contributed by atoms with Gasteiger partial charge >= 0.3 is 31.1 Å².